The van der Waals surface area contributed by atoms with Gasteiger partial charge in [0.25, 0.3) is 0 Å². The highest BCUT2D eigenvalue weighted by molar-refractivity contribution is 5.85. The normalized spacial score (nSPS) is 13.9. The molecule has 0 aliphatic rings. The Morgan fingerprint density at radius 3 is 2.32 bits per heavy atom. The minimum absolute atomic E-state index is 0.0393. The summed E-state index contributed by atoms with van der Waals surface area (Å²) in [5.74, 6) is 0.0393. The number of amides is 1. The SMILES string of the molecule is CCCN(Cc1ccc(C)cc1)C(=O)C(C)(N)CC. The Balaban J connectivity index is 2.83. The van der Waals surface area contributed by atoms with E-state index >= 15 is 0 Å². The van der Waals surface area contributed by atoms with Crippen LogP contribution in [-0.2, 0) is 11.3 Å². The molecular formula is C16H26N2O. The van der Waals surface area contributed by atoms with E-state index in [4.69, 9.17) is 5.73 Å². The first-order chi connectivity index (χ1) is 8.90. The molecule has 0 aromatic heterocycles. The van der Waals surface area contributed by atoms with Gasteiger partial charge in [-0.05, 0) is 32.3 Å². The highest BCUT2D eigenvalue weighted by atomic mass is 16.2. The molecule has 1 aromatic rings. The zero-order chi connectivity index (χ0) is 14.5. The van der Waals surface area contributed by atoms with E-state index in [0.29, 0.717) is 13.0 Å². The quantitative estimate of drug-likeness (QED) is 0.857. The van der Waals surface area contributed by atoms with Crippen molar-refractivity contribution in [1.82, 2.24) is 4.90 Å². The molecule has 1 unspecified atom stereocenters. The summed E-state index contributed by atoms with van der Waals surface area (Å²) >= 11 is 0. The second-order valence-electron chi connectivity index (χ2n) is 5.48. The van der Waals surface area contributed by atoms with E-state index in [1.807, 2.05) is 18.7 Å². The van der Waals surface area contributed by atoms with Gasteiger partial charge in [-0.25, -0.2) is 0 Å². The molecule has 1 rings (SSSR count). The van der Waals surface area contributed by atoms with Gasteiger partial charge in [0.2, 0.25) is 5.91 Å². The van der Waals surface area contributed by atoms with E-state index in [0.717, 1.165) is 18.5 Å². The second-order valence-corrected chi connectivity index (χ2v) is 5.48. The minimum Gasteiger partial charge on any atom is -0.337 e. The first-order valence-electron chi connectivity index (χ1n) is 7.04. The lowest BCUT2D eigenvalue weighted by Gasteiger charge is -2.31. The Bertz CT molecular complexity index is 409. The maximum atomic E-state index is 12.5. The fourth-order valence-corrected chi connectivity index (χ4v) is 1.95. The summed E-state index contributed by atoms with van der Waals surface area (Å²) in [6.45, 7) is 9.29. The van der Waals surface area contributed by atoms with Crippen LogP contribution < -0.4 is 5.73 Å². The van der Waals surface area contributed by atoms with Gasteiger partial charge < -0.3 is 10.6 Å². The molecule has 0 heterocycles. The third-order valence-corrected chi connectivity index (χ3v) is 3.50. The zero-order valence-corrected chi connectivity index (χ0v) is 12.6. The van der Waals surface area contributed by atoms with E-state index in [9.17, 15) is 4.79 Å². The standard InChI is InChI=1S/C16H26N2O/c1-5-11-18(15(19)16(4,17)6-2)12-14-9-7-13(3)8-10-14/h7-10H,5-6,11-12,17H2,1-4H3. The summed E-state index contributed by atoms with van der Waals surface area (Å²) in [6, 6.07) is 8.30. The lowest BCUT2D eigenvalue weighted by molar-refractivity contribution is -0.137. The second kappa shape index (κ2) is 6.71. The van der Waals surface area contributed by atoms with Crippen molar-refractivity contribution in [3.05, 3.63) is 35.4 Å². The van der Waals surface area contributed by atoms with Gasteiger partial charge in [-0.2, -0.15) is 0 Å². The molecule has 2 N–H and O–H groups in total. The highest BCUT2D eigenvalue weighted by Crippen LogP contribution is 2.14. The number of hydrogen-bond donors (Lipinski definition) is 1. The highest BCUT2D eigenvalue weighted by Gasteiger charge is 2.30. The number of carbonyl (C=O) groups is 1. The fraction of sp³-hybridized carbons (Fsp3) is 0.562. The molecule has 0 saturated carbocycles. The number of aryl methyl sites for hydroxylation is 1. The molecule has 0 radical (unpaired) electrons. The topological polar surface area (TPSA) is 46.3 Å². The van der Waals surface area contributed by atoms with Crippen molar-refractivity contribution < 1.29 is 4.79 Å². The van der Waals surface area contributed by atoms with Crippen LogP contribution in [0.25, 0.3) is 0 Å². The monoisotopic (exact) mass is 262 g/mol. The van der Waals surface area contributed by atoms with Gasteiger partial charge in [-0.3, -0.25) is 4.79 Å². The third kappa shape index (κ3) is 4.35. The third-order valence-electron chi connectivity index (χ3n) is 3.50. The average molecular weight is 262 g/mol. The van der Waals surface area contributed by atoms with Gasteiger partial charge in [0.05, 0.1) is 5.54 Å². The Morgan fingerprint density at radius 1 is 1.26 bits per heavy atom. The molecule has 1 amide bonds. The molecule has 0 aliphatic heterocycles. The molecule has 3 nitrogen and oxygen atoms in total. The lowest BCUT2D eigenvalue weighted by atomic mass is 9.98. The molecule has 0 fully saturated rings. The van der Waals surface area contributed by atoms with Gasteiger partial charge in [0.1, 0.15) is 0 Å². The Labute approximate surface area is 116 Å². The van der Waals surface area contributed by atoms with Crippen LogP contribution in [0.1, 0.15) is 44.7 Å². The molecular weight excluding hydrogens is 236 g/mol. The number of hydrogen-bond acceptors (Lipinski definition) is 2. The number of nitrogens with two attached hydrogens (primary N) is 1. The molecule has 19 heavy (non-hydrogen) atoms. The molecule has 0 aliphatic carbocycles. The van der Waals surface area contributed by atoms with Crippen molar-refractivity contribution >= 4 is 5.91 Å². The van der Waals surface area contributed by atoms with Crippen LogP contribution in [0.5, 0.6) is 0 Å². The van der Waals surface area contributed by atoms with Crippen molar-refractivity contribution in [1.29, 1.82) is 0 Å². The maximum Gasteiger partial charge on any atom is 0.242 e. The van der Waals surface area contributed by atoms with Gasteiger partial charge in [-0.1, -0.05) is 43.7 Å². The van der Waals surface area contributed by atoms with Crippen LogP contribution >= 0.6 is 0 Å². The van der Waals surface area contributed by atoms with E-state index in [-0.39, 0.29) is 5.91 Å². The van der Waals surface area contributed by atoms with Crippen LogP contribution in [0.3, 0.4) is 0 Å². The van der Waals surface area contributed by atoms with E-state index in [1.54, 1.807) is 0 Å². The number of benzene rings is 1. The van der Waals surface area contributed by atoms with Crippen LogP contribution in [0.15, 0.2) is 24.3 Å². The predicted octanol–water partition coefficient (Wildman–Crippen LogP) is 2.86. The molecule has 1 atom stereocenters. The first-order valence-corrected chi connectivity index (χ1v) is 7.04. The maximum absolute atomic E-state index is 12.5. The van der Waals surface area contributed by atoms with Gasteiger partial charge in [0, 0.05) is 13.1 Å². The summed E-state index contributed by atoms with van der Waals surface area (Å²) in [6.07, 6.45) is 1.59. The van der Waals surface area contributed by atoms with E-state index in [2.05, 4.69) is 38.1 Å². The summed E-state index contributed by atoms with van der Waals surface area (Å²) in [5.41, 5.74) is 7.70. The van der Waals surface area contributed by atoms with Crippen molar-refractivity contribution in [2.45, 2.75) is 52.6 Å². The Morgan fingerprint density at radius 2 is 1.84 bits per heavy atom. The zero-order valence-electron chi connectivity index (χ0n) is 12.6. The molecule has 1 aromatic carbocycles. The smallest absolute Gasteiger partial charge is 0.242 e. The first kappa shape index (κ1) is 15.7. The lowest BCUT2D eigenvalue weighted by Crippen LogP contribution is -2.52. The molecule has 106 valence electrons. The minimum atomic E-state index is -0.764. The van der Waals surface area contributed by atoms with Gasteiger partial charge >= 0.3 is 0 Å². The van der Waals surface area contributed by atoms with Crippen molar-refractivity contribution in [3.63, 3.8) is 0 Å². The summed E-state index contributed by atoms with van der Waals surface area (Å²) in [4.78, 5) is 14.3. The van der Waals surface area contributed by atoms with Crippen molar-refractivity contribution in [3.8, 4) is 0 Å². The number of rotatable bonds is 6. The average Bonchev–Trinajstić information content (AvgIpc) is 2.40. The van der Waals surface area contributed by atoms with Crippen LogP contribution in [-0.4, -0.2) is 22.9 Å². The molecule has 3 heteroatoms. The number of carbonyl (C=O) groups excluding carboxylic acids is 1. The fourth-order valence-electron chi connectivity index (χ4n) is 1.95. The Hall–Kier alpha value is -1.35. The van der Waals surface area contributed by atoms with Crippen molar-refractivity contribution in [2.24, 2.45) is 5.73 Å². The van der Waals surface area contributed by atoms with E-state index < -0.39 is 5.54 Å². The molecule has 0 bridgehead atoms. The summed E-state index contributed by atoms with van der Waals surface area (Å²) in [7, 11) is 0. The summed E-state index contributed by atoms with van der Waals surface area (Å²) < 4.78 is 0. The van der Waals surface area contributed by atoms with Crippen LogP contribution in [0, 0.1) is 6.92 Å². The van der Waals surface area contributed by atoms with Crippen LogP contribution in [0.2, 0.25) is 0 Å². The number of nitrogens with zero attached hydrogens (tertiary/aromatic N) is 1. The summed E-state index contributed by atoms with van der Waals surface area (Å²) in [5, 5.41) is 0. The molecule has 0 saturated heterocycles. The van der Waals surface area contributed by atoms with E-state index in [1.165, 1.54) is 5.56 Å². The largest absolute Gasteiger partial charge is 0.337 e. The molecule has 0 spiro atoms. The van der Waals surface area contributed by atoms with Crippen molar-refractivity contribution in [2.75, 3.05) is 6.54 Å². The van der Waals surface area contributed by atoms with Gasteiger partial charge in [-0.15, -0.1) is 0 Å². The Kier molecular flexibility index (Phi) is 5.55. The van der Waals surface area contributed by atoms with Gasteiger partial charge in [0.15, 0.2) is 0 Å². The predicted molar refractivity (Wildman–Crippen MR) is 79.8 cm³/mol. The van der Waals surface area contributed by atoms with Crippen LogP contribution in [0.4, 0.5) is 0 Å².